The summed E-state index contributed by atoms with van der Waals surface area (Å²) in [5.74, 6) is 0. The Hall–Kier alpha value is -1.41. The Morgan fingerprint density at radius 2 is 1.50 bits per heavy atom. The lowest BCUT2D eigenvalue weighted by molar-refractivity contribution is -0.129. The fourth-order valence-corrected chi connectivity index (χ4v) is 2.94. The molecule has 0 aliphatic rings. The molecule has 1 aromatic carbocycles. The Kier molecular flexibility index (Phi) is 4.12. The van der Waals surface area contributed by atoms with Crippen molar-refractivity contribution in [2.45, 2.75) is 22.2 Å². The molecule has 1 rings (SSSR count). The van der Waals surface area contributed by atoms with Gasteiger partial charge in [-0.05, 0) is 31.2 Å². The van der Waals surface area contributed by atoms with Crippen LogP contribution in [0.3, 0.4) is 0 Å². The van der Waals surface area contributed by atoms with Gasteiger partial charge in [0, 0.05) is 6.26 Å². The number of hydrogen-bond acceptors (Lipinski definition) is 6. The summed E-state index contributed by atoms with van der Waals surface area (Å²) >= 11 is 0. The van der Waals surface area contributed by atoms with Crippen molar-refractivity contribution in [1.29, 1.82) is 0 Å². The first-order chi connectivity index (χ1) is 8.19. The van der Waals surface area contributed by atoms with Crippen molar-refractivity contribution in [1.82, 2.24) is 0 Å². The molecule has 1 aromatic rings. The van der Waals surface area contributed by atoms with Gasteiger partial charge < -0.3 is 4.74 Å². The lowest BCUT2D eigenvalue weighted by atomic mass is 10.4. The number of carbonyl (C=O) groups is 1. The number of carbonyl (C=O) groups excluding carboxylic acids is 1. The van der Waals surface area contributed by atoms with Gasteiger partial charge in [0.15, 0.2) is 9.84 Å². The van der Waals surface area contributed by atoms with Crippen LogP contribution in [0.4, 0.5) is 0 Å². The highest BCUT2D eigenvalue weighted by molar-refractivity contribution is 7.92. The minimum atomic E-state index is -3.81. The SMILES string of the molecule is CC(OC=O)S(=O)(=O)c1ccc(S(C)(=O)=O)cc1. The molecular formula is C10H12O6S2. The van der Waals surface area contributed by atoms with E-state index in [0.29, 0.717) is 0 Å². The van der Waals surface area contributed by atoms with Gasteiger partial charge in [-0.2, -0.15) is 0 Å². The van der Waals surface area contributed by atoms with E-state index in [2.05, 4.69) is 4.74 Å². The molecule has 0 N–H and O–H groups in total. The van der Waals surface area contributed by atoms with Crippen LogP contribution >= 0.6 is 0 Å². The van der Waals surface area contributed by atoms with Gasteiger partial charge in [-0.3, -0.25) is 4.79 Å². The van der Waals surface area contributed by atoms with Crippen LogP contribution in [0.15, 0.2) is 34.1 Å². The van der Waals surface area contributed by atoms with Gasteiger partial charge in [0.2, 0.25) is 15.3 Å². The van der Waals surface area contributed by atoms with Gasteiger partial charge in [0.05, 0.1) is 9.79 Å². The maximum atomic E-state index is 11.8. The maximum absolute atomic E-state index is 11.8. The number of rotatable bonds is 5. The lowest BCUT2D eigenvalue weighted by Gasteiger charge is -2.11. The molecule has 18 heavy (non-hydrogen) atoms. The van der Waals surface area contributed by atoms with E-state index in [1.807, 2.05) is 0 Å². The smallest absolute Gasteiger partial charge is 0.294 e. The van der Waals surface area contributed by atoms with Crippen LogP contribution in [0.1, 0.15) is 6.92 Å². The van der Waals surface area contributed by atoms with Gasteiger partial charge in [-0.25, -0.2) is 16.8 Å². The van der Waals surface area contributed by atoms with Crippen molar-refractivity contribution in [2.75, 3.05) is 6.26 Å². The monoisotopic (exact) mass is 292 g/mol. The topological polar surface area (TPSA) is 94.6 Å². The van der Waals surface area contributed by atoms with Crippen LogP contribution in [-0.4, -0.2) is 35.0 Å². The van der Waals surface area contributed by atoms with Gasteiger partial charge in [-0.1, -0.05) is 0 Å². The summed E-state index contributed by atoms with van der Waals surface area (Å²) in [4.78, 5) is 10.0. The summed E-state index contributed by atoms with van der Waals surface area (Å²) in [5, 5.41) is 0. The summed E-state index contributed by atoms with van der Waals surface area (Å²) in [6, 6.07) is 4.71. The van der Waals surface area contributed by atoms with E-state index in [9.17, 15) is 21.6 Å². The molecule has 8 heteroatoms. The molecular weight excluding hydrogens is 280 g/mol. The maximum Gasteiger partial charge on any atom is 0.294 e. The molecule has 100 valence electrons. The van der Waals surface area contributed by atoms with Crippen molar-refractivity contribution in [3.05, 3.63) is 24.3 Å². The molecule has 0 amide bonds. The van der Waals surface area contributed by atoms with Crippen molar-refractivity contribution in [3.8, 4) is 0 Å². The molecule has 0 aromatic heterocycles. The first-order valence-corrected chi connectivity index (χ1v) is 8.26. The Labute approximate surface area is 105 Å². The van der Waals surface area contributed by atoms with Gasteiger partial charge >= 0.3 is 0 Å². The first-order valence-electron chi connectivity index (χ1n) is 4.82. The highest BCUT2D eigenvalue weighted by Gasteiger charge is 2.24. The van der Waals surface area contributed by atoms with Gasteiger partial charge in [0.25, 0.3) is 6.47 Å². The second-order valence-corrected chi connectivity index (χ2v) is 7.83. The fraction of sp³-hybridized carbons (Fsp3) is 0.300. The van der Waals surface area contributed by atoms with Crippen LogP contribution < -0.4 is 0 Å². The largest absolute Gasteiger partial charge is 0.448 e. The summed E-state index contributed by atoms with van der Waals surface area (Å²) in [7, 11) is -7.19. The predicted molar refractivity (Wildman–Crippen MR) is 63.3 cm³/mol. The van der Waals surface area contributed by atoms with Gasteiger partial charge in [-0.15, -0.1) is 0 Å². The molecule has 0 saturated carbocycles. The molecule has 0 heterocycles. The van der Waals surface area contributed by atoms with E-state index in [4.69, 9.17) is 0 Å². The molecule has 0 bridgehead atoms. The van der Waals surface area contributed by atoms with Crippen molar-refractivity contribution in [2.24, 2.45) is 0 Å². The first kappa shape index (κ1) is 14.7. The zero-order valence-electron chi connectivity index (χ0n) is 9.73. The predicted octanol–water partition coefficient (Wildman–Crippen LogP) is 0.383. The second kappa shape index (κ2) is 5.07. The standard InChI is InChI=1S/C10H12O6S2/c1-8(16-7-11)18(14,15)10-5-3-9(4-6-10)17(2,12)13/h3-8H,1-2H3. The Balaban J connectivity index is 3.17. The third-order valence-electron chi connectivity index (χ3n) is 2.26. The molecule has 1 unspecified atom stereocenters. The third-order valence-corrected chi connectivity index (χ3v) is 5.31. The molecule has 6 nitrogen and oxygen atoms in total. The Bertz CT molecular complexity index is 627. The van der Waals surface area contributed by atoms with E-state index in [-0.39, 0.29) is 16.3 Å². The minimum Gasteiger partial charge on any atom is -0.448 e. The lowest BCUT2D eigenvalue weighted by Crippen LogP contribution is -2.20. The average Bonchev–Trinajstić information content (AvgIpc) is 2.28. The molecule has 1 atom stereocenters. The molecule has 0 saturated heterocycles. The Morgan fingerprint density at radius 3 is 1.89 bits per heavy atom. The Morgan fingerprint density at radius 1 is 1.06 bits per heavy atom. The van der Waals surface area contributed by atoms with Crippen LogP contribution in [0.25, 0.3) is 0 Å². The summed E-state index contributed by atoms with van der Waals surface area (Å²) in [6.45, 7) is 1.27. The minimum absolute atomic E-state index is 0.0189. The quantitative estimate of drug-likeness (QED) is 0.728. The van der Waals surface area contributed by atoms with Crippen LogP contribution in [0, 0.1) is 0 Å². The highest BCUT2D eigenvalue weighted by atomic mass is 32.2. The molecule has 0 radical (unpaired) electrons. The molecule has 0 aliphatic heterocycles. The van der Waals surface area contributed by atoms with Crippen molar-refractivity contribution in [3.63, 3.8) is 0 Å². The number of hydrogen-bond donors (Lipinski definition) is 0. The number of benzene rings is 1. The second-order valence-electron chi connectivity index (χ2n) is 3.59. The zero-order valence-corrected chi connectivity index (χ0v) is 11.4. The summed E-state index contributed by atoms with van der Waals surface area (Å²) in [5.41, 5.74) is -1.32. The van der Waals surface area contributed by atoms with Crippen molar-refractivity contribution >= 4 is 26.1 Å². The highest BCUT2D eigenvalue weighted by Crippen LogP contribution is 2.19. The summed E-state index contributed by atoms with van der Waals surface area (Å²) < 4.78 is 50.5. The van der Waals surface area contributed by atoms with E-state index in [0.717, 1.165) is 18.4 Å². The van der Waals surface area contributed by atoms with E-state index in [1.54, 1.807) is 0 Å². The number of ether oxygens (including phenoxy) is 1. The average molecular weight is 292 g/mol. The van der Waals surface area contributed by atoms with E-state index in [1.165, 1.54) is 19.1 Å². The molecule has 0 spiro atoms. The third kappa shape index (κ3) is 3.08. The fourth-order valence-electron chi connectivity index (χ4n) is 1.22. The zero-order chi connectivity index (χ0) is 14.0. The summed E-state index contributed by atoms with van der Waals surface area (Å²) in [6.07, 6.45) is 1.02. The molecule has 0 fully saturated rings. The van der Waals surface area contributed by atoms with Crippen molar-refractivity contribution < 1.29 is 26.4 Å². The van der Waals surface area contributed by atoms with Crippen LogP contribution in [-0.2, 0) is 29.2 Å². The van der Waals surface area contributed by atoms with Crippen LogP contribution in [0.5, 0.6) is 0 Å². The normalized spacial score (nSPS) is 13.9. The molecule has 0 aliphatic carbocycles. The van der Waals surface area contributed by atoms with E-state index >= 15 is 0 Å². The van der Waals surface area contributed by atoms with Gasteiger partial charge in [0.1, 0.15) is 0 Å². The number of sulfone groups is 2. The van der Waals surface area contributed by atoms with E-state index < -0.39 is 25.1 Å². The van der Waals surface area contributed by atoms with Crippen LogP contribution in [0.2, 0.25) is 0 Å².